The van der Waals surface area contributed by atoms with Crippen molar-refractivity contribution in [3.05, 3.63) is 35.9 Å². The highest BCUT2D eigenvalue weighted by molar-refractivity contribution is 5.67. The summed E-state index contributed by atoms with van der Waals surface area (Å²) in [7, 11) is 0. The summed E-state index contributed by atoms with van der Waals surface area (Å²) >= 11 is 0. The summed E-state index contributed by atoms with van der Waals surface area (Å²) in [6.07, 6.45) is 0.601. The normalized spacial score (nSPS) is 18.8. The van der Waals surface area contributed by atoms with E-state index in [-0.39, 0.29) is 12.2 Å². The second-order valence-electron chi connectivity index (χ2n) is 4.47. The summed E-state index contributed by atoms with van der Waals surface area (Å²) in [6.45, 7) is 3.36. The summed E-state index contributed by atoms with van der Waals surface area (Å²) in [4.78, 5) is 11.5. The van der Waals surface area contributed by atoms with E-state index in [1.807, 2.05) is 30.3 Å². The lowest BCUT2D eigenvalue weighted by molar-refractivity contribution is 0.0237. The number of alkyl carbamates (subject to hydrolysis) is 1. The lowest BCUT2D eigenvalue weighted by Crippen LogP contribution is -2.40. The maximum Gasteiger partial charge on any atom is 0.407 e. The highest BCUT2D eigenvalue weighted by Gasteiger charge is 2.13. The number of amides is 1. The first-order valence-electron chi connectivity index (χ1n) is 6.61. The average Bonchev–Trinajstić information content (AvgIpc) is 2.47. The van der Waals surface area contributed by atoms with Gasteiger partial charge in [-0.25, -0.2) is 4.79 Å². The monoisotopic (exact) mass is 264 g/mol. The van der Waals surface area contributed by atoms with Crippen LogP contribution in [-0.4, -0.2) is 38.4 Å². The molecular weight excluding hydrogens is 244 g/mol. The zero-order chi connectivity index (χ0) is 13.3. The molecule has 1 aromatic carbocycles. The molecule has 1 heterocycles. The molecule has 0 spiro atoms. The van der Waals surface area contributed by atoms with Crippen molar-refractivity contribution in [3.8, 4) is 0 Å². The van der Waals surface area contributed by atoms with Crippen LogP contribution >= 0.6 is 0 Å². The molecule has 1 aliphatic heterocycles. The SMILES string of the molecule is O=C(NCC[C@H]1CNCCO1)OCc1ccccc1. The number of hydrogen-bond donors (Lipinski definition) is 2. The minimum atomic E-state index is -0.382. The summed E-state index contributed by atoms with van der Waals surface area (Å²) in [5, 5.41) is 5.98. The molecule has 19 heavy (non-hydrogen) atoms. The van der Waals surface area contributed by atoms with Gasteiger partial charge in [-0.05, 0) is 12.0 Å². The average molecular weight is 264 g/mol. The first-order valence-corrected chi connectivity index (χ1v) is 6.61. The third-order valence-electron chi connectivity index (χ3n) is 2.95. The summed E-state index contributed by atoms with van der Waals surface area (Å²) in [5.41, 5.74) is 0.984. The van der Waals surface area contributed by atoms with Crippen LogP contribution in [0.4, 0.5) is 4.79 Å². The van der Waals surface area contributed by atoms with Gasteiger partial charge < -0.3 is 20.1 Å². The predicted octanol–water partition coefficient (Wildman–Crippen LogP) is 1.29. The Kier molecular flexibility index (Phi) is 5.65. The number of rotatable bonds is 5. The first-order chi connectivity index (χ1) is 9.34. The Morgan fingerprint density at radius 2 is 2.26 bits per heavy atom. The number of morpholine rings is 1. The molecule has 2 N–H and O–H groups in total. The number of carbonyl (C=O) groups excluding carboxylic acids is 1. The van der Waals surface area contributed by atoms with Crippen LogP contribution in [0.5, 0.6) is 0 Å². The second kappa shape index (κ2) is 7.76. The number of benzene rings is 1. The van der Waals surface area contributed by atoms with E-state index in [9.17, 15) is 4.79 Å². The third kappa shape index (κ3) is 5.28. The number of carbonyl (C=O) groups is 1. The number of hydrogen-bond acceptors (Lipinski definition) is 4. The van der Waals surface area contributed by atoms with E-state index in [0.29, 0.717) is 13.2 Å². The minimum Gasteiger partial charge on any atom is -0.445 e. The fraction of sp³-hybridized carbons (Fsp3) is 0.500. The number of ether oxygens (including phenoxy) is 2. The molecule has 1 saturated heterocycles. The van der Waals surface area contributed by atoms with E-state index in [1.165, 1.54) is 0 Å². The zero-order valence-corrected chi connectivity index (χ0v) is 10.9. The van der Waals surface area contributed by atoms with Crippen LogP contribution < -0.4 is 10.6 Å². The van der Waals surface area contributed by atoms with Gasteiger partial charge in [-0.3, -0.25) is 0 Å². The summed E-state index contributed by atoms with van der Waals surface area (Å²) in [6, 6.07) is 9.62. The molecule has 1 fully saturated rings. The van der Waals surface area contributed by atoms with Crippen LogP contribution in [-0.2, 0) is 16.1 Å². The maximum atomic E-state index is 11.5. The fourth-order valence-electron chi connectivity index (χ4n) is 1.91. The molecular formula is C14H20N2O3. The van der Waals surface area contributed by atoms with Crippen molar-refractivity contribution in [1.82, 2.24) is 10.6 Å². The Bertz CT molecular complexity index is 378. The van der Waals surface area contributed by atoms with E-state index in [4.69, 9.17) is 9.47 Å². The van der Waals surface area contributed by atoms with Gasteiger partial charge >= 0.3 is 6.09 Å². The van der Waals surface area contributed by atoms with Gasteiger partial charge in [0.2, 0.25) is 0 Å². The molecule has 1 aromatic rings. The van der Waals surface area contributed by atoms with Gasteiger partial charge in [-0.15, -0.1) is 0 Å². The molecule has 1 atom stereocenters. The predicted molar refractivity (Wildman–Crippen MR) is 71.9 cm³/mol. The Balaban J connectivity index is 1.57. The molecule has 5 heteroatoms. The van der Waals surface area contributed by atoms with Gasteiger partial charge in [0.05, 0.1) is 12.7 Å². The van der Waals surface area contributed by atoms with Crippen molar-refractivity contribution < 1.29 is 14.3 Å². The maximum absolute atomic E-state index is 11.5. The van der Waals surface area contributed by atoms with Crippen molar-refractivity contribution in [2.75, 3.05) is 26.2 Å². The Hall–Kier alpha value is -1.59. The van der Waals surface area contributed by atoms with E-state index in [0.717, 1.165) is 31.7 Å². The van der Waals surface area contributed by atoms with E-state index in [1.54, 1.807) is 0 Å². The van der Waals surface area contributed by atoms with Crippen molar-refractivity contribution in [2.24, 2.45) is 0 Å². The minimum absolute atomic E-state index is 0.183. The summed E-state index contributed by atoms with van der Waals surface area (Å²) < 4.78 is 10.6. The molecule has 1 aliphatic rings. The van der Waals surface area contributed by atoms with Crippen LogP contribution in [0.2, 0.25) is 0 Å². The largest absolute Gasteiger partial charge is 0.445 e. The molecule has 2 rings (SSSR count). The molecule has 0 radical (unpaired) electrons. The van der Waals surface area contributed by atoms with Gasteiger partial charge in [0.25, 0.3) is 0 Å². The van der Waals surface area contributed by atoms with Gasteiger partial charge in [0.1, 0.15) is 6.61 Å². The first kappa shape index (κ1) is 13.8. The van der Waals surface area contributed by atoms with Crippen molar-refractivity contribution >= 4 is 6.09 Å². The molecule has 5 nitrogen and oxygen atoms in total. The molecule has 0 bridgehead atoms. The highest BCUT2D eigenvalue weighted by Crippen LogP contribution is 2.02. The Morgan fingerprint density at radius 1 is 1.42 bits per heavy atom. The van der Waals surface area contributed by atoms with Crippen molar-refractivity contribution in [3.63, 3.8) is 0 Å². The van der Waals surface area contributed by atoms with Crippen LogP contribution in [0, 0.1) is 0 Å². The second-order valence-corrected chi connectivity index (χ2v) is 4.47. The van der Waals surface area contributed by atoms with Crippen molar-refractivity contribution in [1.29, 1.82) is 0 Å². The van der Waals surface area contributed by atoms with E-state index >= 15 is 0 Å². The van der Waals surface area contributed by atoms with E-state index in [2.05, 4.69) is 10.6 Å². The highest BCUT2D eigenvalue weighted by atomic mass is 16.5. The van der Waals surface area contributed by atoms with Gasteiger partial charge in [0.15, 0.2) is 0 Å². The molecule has 0 aromatic heterocycles. The molecule has 104 valence electrons. The van der Waals surface area contributed by atoms with Crippen molar-refractivity contribution in [2.45, 2.75) is 19.1 Å². The third-order valence-corrected chi connectivity index (χ3v) is 2.95. The molecule has 0 saturated carbocycles. The van der Waals surface area contributed by atoms with Gasteiger partial charge in [-0.2, -0.15) is 0 Å². The molecule has 0 unspecified atom stereocenters. The fourth-order valence-corrected chi connectivity index (χ4v) is 1.91. The number of nitrogens with one attached hydrogen (secondary N) is 2. The van der Waals surface area contributed by atoms with Gasteiger partial charge in [-0.1, -0.05) is 30.3 Å². The summed E-state index contributed by atoms with van der Waals surface area (Å²) in [5.74, 6) is 0. The quantitative estimate of drug-likeness (QED) is 0.841. The molecule has 0 aliphatic carbocycles. The van der Waals surface area contributed by atoms with Crippen LogP contribution in [0.15, 0.2) is 30.3 Å². The lowest BCUT2D eigenvalue weighted by Gasteiger charge is -2.23. The van der Waals surface area contributed by atoms with Crippen LogP contribution in [0.3, 0.4) is 0 Å². The Labute approximate surface area is 113 Å². The smallest absolute Gasteiger partial charge is 0.407 e. The zero-order valence-electron chi connectivity index (χ0n) is 10.9. The molecule has 1 amide bonds. The van der Waals surface area contributed by atoms with E-state index < -0.39 is 0 Å². The van der Waals surface area contributed by atoms with Gasteiger partial charge in [0, 0.05) is 19.6 Å². The Morgan fingerprint density at radius 3 is 3.00 bits per heavy atom. The topological polar surface area (TPSA) is 59.6 Å². The van der Waals surface area contributed by atoms with Crippen LogP contribution in [0.25, 0.3) is 0 Å². The lowest BCUT2D eigenvalue weighted by atomic mass is 10.2. The van der Waals surface area contributed by atoms with Crippen LogP contribution in [0.1, 0.15) is 12.0 Å². The standard InChI is InChI=1S/C14H20N2O3/c17-14(19-11-12-4-2-1-3-5-12)16-7-6-13-10-15-8-9-18-13/h1-5,13,15H,6-11H2,(H,16,17)/t13-/m0/s1.